The molecule has 1 aliphatic carbocycles. The van der Waals surface area contributed by atoms with E-state index >= 15 is 0 Å². The van der Waals surface area contributed by atoms with Crippen molar-refractivity contribution in [2.45, 2.75) is 50.4 Å². The minimum atomic E-state index is -4.61. The van der Waals surface area contributed by atoms with Crippen molar-refractivity contribution in [3.63, 3.8) is 0 Å². The summed E-state index contributed by atoms with van der Waals surface area (Å²) in [6, 6.07) is 9.95. The van der Waals surface area contributed by atoms with E-state index in [2.05, 4.69) is 27.9 Å². The highest BCUT2D eigenvalue weighted by Crippen LogP contribution is 2.35. The molecule has 0 spiro atoms. The standard InChI is InChI=1S/C24H22F3IN2O2/c1-2-21(31)30(20-13-7-9-17(15-20)24(25,26)27)22(16-8-6-10-18(28)14-16)23(32)29-19-11-4-3-5-12-19/h1,6-10,13-15,19,22H,3-5,11-12H2,(H,29,32). The van der Waals surface area contributed by atoms with Crippen LogP contribution >= 0.6 is 22.6 Å². The lowest BCUT2D eigenvalue weighted by Gasteiger charge is -2.32. The molecule has 0 aromatic heterocycles. The minimum Gasteiger partial charge on any atom is -0.351 e. The maximum atomic E-state index is 13.4. The van der Waals surface area contributed by atoms with E-state index in [1.165, 1.54) is 12.1 Å². The van der Waals surface area contributed by atoms with Crippen LogP contribution in [0.2, 0.25) is 0 Å². The Morgan fingerprint density at radius 3 is 2.41 bits per heavy atom. The summed E-state index contributed by atoms with van der Waals surface area (Å²) in [7, 11) is 0. The van der Waals surface area contributed by atoms with E-state index in [-0.39, 0.29) is 11.7 Å². The summed E-state index contributed by atoms with van der Waals surface area (Å²) >= 11 is 2.07. The molecule has 2 amide bonds. The quantitative estimate of drug-likeness (QED) is 0.394. The summed E-state index contributed by atoms with van der Waals surface area (Å²) in [4.78, 5) is 27.2. The van der Waals surface area contributed by atoms with Gasteiger partial charge in [-0.2, -0.15) is 13.2 Å². The van der Waals surface area contributed by atoms with Gasteiger partial charge in [0.15, 0.2) is 0 Å². The van der Waals surface area contributed by atoms with E-state index < -0.39 is 29.6 Å². The summed E-state index contributed by atoms with van der Waals surface area (Å²) in [6.07, 6.45) is 5.46. The Balaban J connectivity index is 2.09. The molecule has 1 saturated carbocycles. The number of carbonyl (C=O) groups is 2. The number of hydrogen-bond donors (Lipinski definition) is 1. The van der Waals surface area contributed by atoms with Crippen molar-refractivity contribution in [2.75, 3.05) is 4.90 Å². The first-order valence-electron chi connectivity index (χ1n) is 10.2. The van der Waals surface area contributed by atoms with Crippen molar-refractivity contribution in [3.05, 3.63) is 63.2 Å². The zero-order chi connectivity index (χ0) is 23.3. The Morgan fingerprint density at radius 2 is 1.78 bits per heavy atom. The van der Waals surface area contributed by atoms with Crippen molar-refractivity contribution < 1.29 is 22.8 Å². The van der Waals surface area contributed by atoms with Gasteiger partial charge in [-0.15, -0.1) is 6.42 Å². The van der Waals surface area contributed by atoms with Crippen molar-refractivity contribution >= 4 is 40.1 Å². The lowest BCUT2D eigenvalue weighted by atomic mass is 9.94. The molecule has 1 fully saturated rings. The van der Waals surface area contributed by atoms with E-state index in [1.807, 2.05) is 12.0 Å². The van der Waals surface area contributed by atoms with Gasteiger partial charge in [0, 0.05) is 15.3 Å². The minimum absolute atomic E-state index is 0.0502. The fraction of sp³-hybridized carbons (Fsp3) is 0.333. The van der Waals surface area contributed by atoms with Crippen LogP contribution in [0.15, 0.2) is 48.5 Å². The number of amides is 2. The Morgan fingerprint density at radius 1 is 1.09 bits per heavy atom. The highest BCUT2D eigenvalue weighted by Gasteiger charge is 2.36. The highest BCUT2D eigenvalue weighted by molar-refractivity contribution is 14.1. The second-order valence-electron chi connectivity index (χ2n) is 7.67. The molecule has 8 heteroatoms. The molecular weight excluding hydrogens is 532 g/mol. The van der Waals surface area contributed by atoms with E-state index in [0.29, 0.717) is 5.56 Å². The molecule has 1 unspecified atom stereocenters. The predicted octanol–water partition coefficient (Wildman–Crippen LogP) is 5.47. The van der Waals surface area contributed by atoms with Crippen LogP contribution in [0, 0.1) is 15.9 Å². The van der Waals surface area contributed by atoms with Crippen molar-refractivity contribution in [1.29, 1.82) is 0 Å². The predicted molar refractivity (Wildman–Crippen MR) is 125 cm³/mol. The van der Waals surface area contributed by atoms with Gasteiger partial charge in [0.1, 0.15) is 6.04 Å². The van der Waals surface area contributed by atoms with Gasteiger partial charge in [-0.05, 0) is 77.2 Å². The van der Waals surface area contributed by atoms with E-state index in [4.69, 9.17) is 6.42 Å². The zero-order valence-corrected chi connectivity index (χ0v) is 19.3. The molecule has 0 aliphatic heterocycles. The lowest BCUT2D eigenvalue weighted by Crippen LogP contribution is -2.47. The third-order valence-electron chi connectivity index (χ3n) is 5.42. The first-order valence-corrected chi connectivity index (χ1v) is 11.3. The Hall–Kier alpha value is -2.54. The van der Waals surface area contributed by atoms with Crippen molar-refractivity contribution in [1.82, 2.24) is 5.32 Å². The van der Waals surface area contributed by atoms with Crippen LogP contribution in [0.5, 0.6) is 0 Å². The van der Waals surface area contributed by atoms with Crippen LogP contribution in [-0.2, 0) is 15.8 Å². The first-order chi connectivity index (χ1) is 15.2. The molecule has 2 aromatic rings. The summed E-state index contributed by atoms with van der Waals surface area (Å²) in [5.74, 6) is 0.600. The van der Waals surface area contributed by atoms with Gasteiger partial charge in [0.2, 0.25) is 5.91 Å². The maximum Gasteiger partial charge on any atom is 0.416 e. The number of alkyl halides is 3. The molecule has 0 bridgehead atoms. The largest absolute Gasteiger partial charge is 0.416 e. The second kappa shape index (κ2) is 10.4. The summed E-state index contributed by atoms with van der Waals surface area (Å²) in [5.41, 5.74) is -0.560. The molecule has 2 aromatic carbocycles. The normalized spacial score (nSPS) is 15.5. The topological polar surface area (TPSA) is 49.4 Å². The smallest absolute Gasteiger partial charge is 0.351 e. The van der Waals surface area contributed by atoms with Crippen molar-refractivity contribution in [2.24, 2.45) is 0 Å². The summed E-state index contributed by atoms with van der Waals surface area (Å²) in [5, 5.41) is 2.98. The Bertz CT molecular complexity index is 1030. The molecule has 1 atom stereocenters. The van der Waals surface area contributed by atoms with Crippen LogP contribution in [0.3, 0.4) is 0 Å². The Kier molecular flexibility index (Phi) is 7.82. The van der Waals surface area contributed by atoms with Crippen LogP contribution in [0.25, 0.3) is 0 Å². The molecule has 0 saturated heterocycles. The average Bonchev–Trinajstić information content (AvgIpc) is 2.77. The number of nitrogens with one attached hydrogen (secondary N) is 1. The number of nitrogens with zero attached hydrogens (tertiary/aromatic N) is 1. The number of hydrogen-bond acceptors (Lipinski definition) is 2. The Labute approximate surface area is 198 Å². The van der Waals surface area contributed by atoms with Crippen LogP contribution in [0.1, 0.15) is 49.3 Å². The molecule has 4 nitrogen and oxygen atoms in total. The van der Waals surface area contributed by atoms with Crippen LogP contribution < -0.4 is 10.2 Å². The molecule has 32 heavy (non-hydrogen) atoms. The molecule has 3 rings (SSSR count). The van der Waals surface area contributed by atoms with Gasteiger partial charge < -0.3 is 5.32 Å². The number of benzene rings is 2. The van der Waals surface area contributed by atoms with Crippen LogP contribution in [0.4, 0.5) is 18.9 Å². The second-order valence-corrected chi connectivity index (χ2v) is 8.91. The molecule has 1 N–H and O–H groups in total. The van der Waals surface area contributed by atoms with Gasteiger partial charge in [-0.3, -0.25) is 14.5 Å². The van der Waals surface area contributed by atoms with Gasteiger partial charge in [-0.25, -0.2) is 0 Å². The average molecular weight is 554 g/mol. The third kappa shape index (κ3) is 5.82. The van der Waals surface area contributed by atoms with E-state index in [0.717, 1.165) is 52.7 Å². The van der Waals surface area contributed by atoms with Gasteiger partial charge in [-0.1, -0.05) is 37.5 Å². The fourth-order valence-electron chi connectivity index (χ4n) is 3.91. The lowest BCUT2D eigenvalue weighted by molar-refractivity contribution is -0.137. The van der Waals surface area contributed by atoms with Crippen LogP contribution in [-0.4, -0.2) is 17.9 Å². The molecular formula is C24H22F3IN2O2. The monoisotopic (exact) mass is 554 g/mol. The molecule has 0 heterocycles. The number of halogens is 4. The first kappa shape index (κ1) is 24.1. The third-order valence-corrected chi connectivity index (χ3v) is 6.09. The summed E-state index contributed by atoms with van der Waals surface area (Å²) in [6.45, 7) is 0. The van der Waals surface area contributed by atoms with E-state index in [1.54, 1.807) is 18.2 Å². The SMILES string of the molecule is C#CC(=O)N(c1cccc(C(F)(F)F)c1)C(C(=O)NC1CCCCC1)c1cccc(I)c1. The van der Waals surface area contributed by atoms with Gasteiger partial charge in [0.05, 0.1) is 5.56 Å². The number of anilines is 1. The number of terminal acetylenes is 1. The highest BCUT2D eigenvalue weighted by atomic mass is 127. The summed E-state index contributed by atoms with van der Waals surface area (Å²) < 4.78 is 40.8. The zero-order valence-electron chi connectivity index (χ0n) is 17.2. The number of carbonyl (C=O) groups excluding carboxylic acids is 2. The fourth-order valence-corrected chi connectivity index (χ4v) is 4.47. The number of rotatable bonds is 5. The molecule has 1 aliphatic rings. The molecule has 0 radical (unpaired) electrons. The van der Waals surface area contributed by atoms with Gasteiger partial charge >= 0.3 is 12.1 Å². The maximum absolute atomic E-state index is 13.4. The van der Waals surface area contributed by atoms with Crippen molar-refractivity contribution in [3.8, 4) is 12.3 Å². The molecule has 168 valence electrons. The van der Waals surface area contributed by atoms with Gasteiger partial charge in [0.25, 0.3) is 0 Å². The van der Waals surface area contributed by atoms with E-state index in [9.17, 15) is 22.8 Å².